The highest BCUT2D eigenvalue weighted by molar-refractivity contribution is 7.98. The molecule has 2 fully saturated rings. The summed E-state index contributed by atoms with van der Waals surface area (Å²) in [6.45, 7) is 13.0. The standard InChI is InChI=1S/C32H46N4O4SSi/c1-32(2,3)42(5,6)40-28-20-39-27-17-25(28)35-24-14-13-21(16-23(24)27)18-33-31(38)34-19-30(37)36-15-9-11-26(36)22-10-7-8-12-29(22)41-4/h7-8,10,12-14,16,25-28,35H,9,11,15,17-20H2,1-6H3,(H2,33,34,38)/t25-,26-,27+,28+/m0/s1. The predicted octanol–water partition coefficient (Wildman–Crippen LogP) is 6.22. The molecule has 4 atom stereocenters. The molecule has 0 radical (unpaired) electrons. The van der Waals surface area contributed by atoms with E-state index in [9.17, 15) is 9.59 Å². The van der Waals surface area contributed by atoms with E-state index in [0.717, 1.165) is 36.1 Å². The molecule has 8 nitrogen and oxygen atoms in total. The molecule has 3 aliphatic rings. The van der Waals surface area contributed by atoms with Crippen LogP contribution in [0, 0.1) is 0 Å². The zero-order valence-electron chi connectivity index (χ0n) is 25.8. The van der Waals surface area contributed by atoms with E-state index in [-0.39, 0.29) is 47.8 Å². The third-order valence-electron chi connectivity index (χ3n) is 9.36. The van der Waals surface area contributed by atoms with Crippen LogP contribution in [0.5, 0.6) is 0 Å². The maximum atomic E-state index is 13.1. The first kappa shape index (κ1) is 30.9. The number of carbonyl (C=O) groups excluding carboxylic acids is 2. The Morgan fingerprint density at radius 1 is 1.14 bits per heavy atom. The van der Waals surface area contributed by atoms with Crippen LogP contribution < -0.4 is 16.0 Å². The van der Waals surface area contributed by atoms with E-state index >= 15 is 0 Å². The molecule has 2 aromatic rings. The van der Waals surface area contributed by atoms with Gasteiger partial charge in [0.15, 0.2) is 8.32 Å². The number of fused-ring (bicyclic) bond motifs is 4. The van der Waals surface area contributed by atoms with Crippen molar-refractivity contribution in [2.45, 2.75) is 93.9 Å². The van der Waals surface area contributed by atoms with E-state index in [0.29, 0.717) is 19.7 Å². The zero-order valence-corrected chi connectivity index (χ0v) is 27.6. The quantitative estimate of drug-likeness (QED) is 0.243. The molecule has 0 aliphatic carbocycles. The minimum Gasteiger partial charge on any atom is -0.409 e. The number of hydrogen-bond donors (Lipinski definition) is 3. The van der Waals surface area contributed by atoms with Crippen LogP contribution >= 0.6 is 11.8 Å². The number of amides is 3. The molecule has 3 N–H and O–H groups in total. The van der Waals surface area contributed by atoms with E-state index in [1.54, 1.807) is 11.8 Å². The molecule has 10 heteroatoms. The lowest BCUT2D eigenvalue weighted by atomic mass is 9.89. The van der Waals surface area contributed by atoms with Crippen LogP contribution in [-0.2, 0) is 20.5 Å². The molecule has 2 saturated heterocycles. The molecular weight excluding hydrogens is 565 g/mol. The SMILES string of the molecule is CSc1ccccc1[C@@H]1CCCN1C(=O)CNC(=O)NCc1ccc2c(c1)[C@H]1C[C@H](N2)[C@H](O[Si](C)(C)C(C)(C)C)CO1. The van der Waals surface area contributed by atoms with Gasteiger partial charge in [0.05, 0.1) is 37.4 Å². The molecular formula is C32H46N4O4SSi. The van der Waals surface area contributed by atoms with Gasteiger partial charge < -0.3 is 30.0 Å². The van der Waals surface area contributed by atoms with E-state index in [2.05, 4.69) is 80.3 Å². The van der Waals surface area contributed by atoms with Crippen LogP contribution in [0.1, 0.15) is 68.9 Å². The molecule has 0 saturated carbocycles. The van der Waals surface area contributed by atoms with Gasteiger partial charge in [0, 0.05) is 35.7 Å². The second kappa shape index (κ2) is 12.6. The Morgan fingerprint density at radius 3 is 2.69 bits per heavy atom. The van der Waals surface area contributed by atoms with Crippen molar-refractivity contribution in [1.82, 2.24) is 15.5 Å². The summed E-state index contributed by atoms with van der Waals surface area (Å²) in [5.74, 6) is -0.0525. The predicted molar refractivity (Wildman–Crippen MR) is 171 cm³/mol. The van der Waals surface area contributed by atoms with Gasteiger partial charge in [-0.05, 0) is 66.6 Å². The fourth-order valence-electron chi connectivity index (χ4n) is 5.97. The van der Waals surface area contributed by atoms with E-state index in [4.69, 9.17) is 9.16 Å². The summed E-state index contributed by atoms with van der Waals surface area (Å²) in [7, 11) is -1.91. The van der Waals surface area contributed by atoms with Gasteiger partial charge in [-0.15, -0.1) is 11.8 Å². The fraction of sp³-hybridized carbons (Fsp3) is 0.562. The molecule has 5 rings (SSSR count). The molecule has 228 valence electrons. The summed E-state index contributed by atoms with van der Waals surface area (Å²) < 4.78 is 13.0. The highest BCUT2D eigenvalue weighted by atomic mass is 32.2. The lowest BCUT2D eigenvalue weighted by molar-refractivity contribution is -0.131. The van der Waals surface area contributed by atoms with Crippen LogP contribution in [0.3, 0.4) is 0 Å². The minimum absolute atomic E-state index is 0.0153. The van der Waals surface area contributed by atoms with Crippen molar-refractivity contribution >= 4 is 37.7 Å². The van der Waals surface area contributed by atoms with Gasteiger partial charge in [-0.1, -0.05) is 45.0 Å². The summed E-state index contributed by atoms with van der Waals surface area (Å²) in [5, 5.41) is 9.53. The third kappa shape index (κ3) is 6.66. The minimum atomic E-state index is -1.91. The molecule has 3 aliphatic heterocycles. The maximum absolute atomic E-state index is 13.1. The van der Waals surface area contributed by atoms with Crippen molar-refractivity contribution in [2.24, 2.45) is 0 Å². The molecule has 2 aromatic carbocycles. The number of hydrogen-bond acceptors (Lipinski definition) is 6. The topological polar surface area (TPSA) is 91.9 Å². The summed E-state index contributed by atoms with van der Waals surface area (Å²) >= 11 is 1.70. The lowest BCUT2D eigenvalue weighted by Gasteiger charge is -2.47. The fourth-order valence-corrected chi connectivity index (χ4v) is 7.97. The average molecular weight is 611 g/mol. The second-order valence-corrected chi connectivity index (χ2v) is 18.8. The van der Waals surface area contributed by atoms with Crippen molar-refractivity contribution in [3.05, 3.63) is 59.2 Å². The molecule has 0 spiro atoms. The molecule has 0 aromatic heterocycles. The average Bonchev–Trinajstić information content (AvgIpc) is 3.45. The normalized spacial score (nSPS) is 23.6. The Bertz CT molecular complexity index is 1300. The van der Waals surface area contributed by atoms with Crippen molar-refractivity contribution in [3.63, 3.8) is 0 Å². The van der Waals surface area contributed by atoms with Crippen LogP contribution in [0.4, 0.5) is 10.5 Å². The summed E-state index contributed by atoms with van der Waals surface area (Å²) in [6, 6.07) is 14.4. The van der Waals surface area contributed by atoms with Crippen molar-refractivity contribution in [1.29, 1.82) is 0 Å². The number of urea groups is 1. The number of benzene rings is 2. The Balaban J connectivity index is 1.13. The van der Waals surface area contributed by atoms with Gasteiger partial charge >= 0.3 is 6.03 Å². The first-order chi connectivity index (χ1) is 20.0. The lowest BCUT2D eigenvalue weighted by Crippen LogP contribution is -2.54. The number of rotatable bonds is 8. The molecule has 2 bridgehead atoms. The summed E-state index contributed by atoms with van der Waals surface area (Å²) in [6.07, 6.45) is 4.89. The molecule has 42 heavy (non-hydrogen) atoms. The first-order valence-electron chi connectivity index (χ1n) is 15.1. The first-order valence-corrected chi connectivity index (χ1v) is 19.2. The third-order valence-corrected chi connectivity index (χ3v) is 14.7. The smallest absolute Gasteiger partial charge is 0.315 e. The Hall–Kier alpha value is -2.53. The largest absolute Gasteiger partial charge is 0.409 e. The van der Waals surface area contributed by atoms with Gasteiger partial charge in [0.25, 0.3) is 0 Å². The van der Waals surface area contributed by atoms with Crippen molar-refractivity contribution in [2.75, 3.05) is 31.3 Å². The number of anilines is 1. The zero-order chi connectivity index (χ0) is 30.1. The van der Waals surface area contributed by atoms with Crippen LogP contribution in [0.25, 0.3) is 0 Å². The highest BCUT2D eigenvalue weighted by Crippen LogP contribution is 2.43. The van der Waals surface area contributed by atoms with Gasteiger partial charge in [0.1, 0.15) is 0 Å². The number of likely N-dealkylation sites (tertiary alicyclic amines) is 1. The molecule has 3 heterocycles. The van der Waals surface area contributed by atoms with E-state index < -0.39 is 8.32 Å². The maximum Gasteiger partial charge on any atom is 0.315 e. The number of nitrogens with one attached hydrogen (secondary N) is 3. The number of thioether (sulfide) groups is 1. The number of nitrogens with zero attached hydrogens (tertiary/aromatic N) is 1. The second-order valence-electron chi connectivity index (χ2n) is 13.2. The van der Waals surface area contributed by atoms with Gasteiger partial charge in [-0.2, -0.15) is 0 Å². The van der Waals surface area contributed by atoms with E-state index in [1.165, 1.54) is 10.5 Å². The van der Waals surface area contributed by atoms with Gasteiger partial charge in [-0.3, -0.25) is 4.79 Å². The summed E-state index contributed by atoms with van der Waals surface area (Å²) in [4.78, 5) is 28.8. The Kier molecular flexibility index (Phi) is 9.27. The summed E-state index contributed by atoms with van der Waals surface area (Å²) in [5.41, 5.74) is 4.38. The van der Waals surface area contributed by atoms with Crippen LogP contribution in [0.15, 0.2) is 47.4 Å². The van der Waals surface area contributed by atoms with Crippen molar-refractivity contribution < 1.29 is 18.8 Å². The van der Waals surface area contributed by atoms with E-state index in [1.807, 2.05) is 23.1 Å². The van der Waals surface area contributed by atoms with Gasteiger partial charge in [-0.25, -0.2) is 4.79 Å². The Labute approximate surface area is 255 Å². The van der Waals surface area contributed by atoms with Crippen molar-refractivity contribution in [3.8, 4) is 0 Å². The molecule has 3 amide bonds. The monoisotopic (exact) mass is 610 g/mol. The number of ether oxygens (including phenoxy) is 1. The van der Waals surface area contributed by atoms with Gasteiger partial charge in [0.2, 0.25) is 5.91 Å². The van der Waals surface area contributed by atoms with Crippen LogP contribution in [0.2, 0.25) is 18.1 Å². The highest BCUT2D eigenvalue weighted by Gasteiger charge is 2.44. The molecule has 0 unspecified atom stereocenters. The van der Waals surface area contributed by atoms with Crippen LogP contribution in [-0.4, -0.2) is 63.3 Å². The Morgan fingerprint density at radius 2 is 1.93 bits per heavy atom. The number of carbonyl (C=O) groups is 2.